The summed E-state index contributed by atoms with van der Waals surface area (Å²) in [5, 5.41) is 0. The Morgan fingerprint density at radius 3 is 2.27 bits per heavy atom. The molecule has 88 valence electrons. The van der Waals surface area contributed by atoms with E-state index >= 15 is 0 Å². The van der Waals surface area contributed by atoms with Crippen molar-refractivity contribution in [2.24, 2.45) is 5.92 Å². The molecule has 0 unspecified atom stereocenters. The van der Waals surface area contributed by atoms with E-state index in [1.807, 2.05) is 0 Å². The molecule has 1 saturated carbocycles. The fourth-order valence-electron chi connectivity index (χ4n) is 2.73. The van der Waals surface area contributed by atoms with E-state index in [4.69, 9.17) is 0 Å². The molecule has 2 nitrogen and oxygen atoms in total. The summed E-state index contributed by atoms with van der Waals surface area (Å²) in [7, 11) is 1.59. The van der Waals surface area contributed by atoms with E-state index in [9.17, 15) is 0 Å². The van der Waals surface area contributed by atoms with Crippen molar-refractivity contribution in [3.8, 4) is 0 Å². The number of hydrogen-bond acceptors (Lipinski definition) is 4. The van der Waals surface area contributed by atoms with Gasteiger partial charge in [0.25, 0.3) is 0 Å². The Hall–Kier alpha value is 0.620. The van der Waals surface area contributed by atoms with Gasteiger partial charge >= 0.3 is 0 Å². The van der Waals surface area contributed by atoms with E-state index in [1.165, 1.54) is 64.8 Å². The lowest BCUT2D eigenvalue weighted by Gasteiger charge is -2.35. The van der Waals surface area contributed by atoms with Gasteiger partial charge in [-0.25, -0.2) is 4.31 Å². The second kappa shape index (κ2) is 6.38. The average Bonchev–Trinajstić information content (AvgIpc) is 2.31. The van der Waals surface area contributed by atoms with Gasteiger partial charge in [-0.2, -0.15) is 0 Å². The predicted molar refractivity (Wildman–Crippen MR) is 71.2 cm³/mol. The second-order valence-corrected chi connectivity index (χ2v) is 5.98. The summed E-state index contributed by atoms with van der Waals surface area (Å²) < 4.78 is 2.35. The second-order valence-electron chi connectivity index (χ2n) is 4.82. The Morgan fingerprint density at radius 1 is 1.00 bits per heavy atom. The van der Waals surface area contributed by atoms with E-state index in [1.54, 1.807) is 11.0 Å². The maximum Gasteiger partial charge on any atom is 0.0226 e. The minimum Gasteiger partial charge on any atom is -0.300 e. The normalized spacial score (nSPS) is 27.0. The number of thiol groups is 1. The van der Waals surface area contributed by atoms with Crippen LogP contribution in [0.5, 0.6) is 0 Å². The van der Waals surface area contributed by atoms with Crippen molar-refractivity contribution in [2.45, 2.75) is 32.1 Å². The molecule has 0 N–H and O–H groups in total. The van der Waals surface area contributed by atoms with Crippen LogP contribution in [0.4, 0.5) is 0 Å². The van der Waals surface area contributed by atoms with Gasteiger partial charge in [0, 0.05) is 32.7 Å². The molecule has 0 aromatic heterocycles. The topological polar surface area (TPSA) is 6.48 Å². The molecule has 1 aliphatic carbocycles. The van der Waals surface area contributed by atoms with Crippen LogP contribution in [-0.4, -0.2) is 41.9 Å². The molecule has 0 radical (unpaired) electrons. The molecule has 0 atom stereocenters. The van der Waals surface area contributed by atoms with Gasteiger partial charge in [0.2, 0.25) is 0 Å². The van der Waals surface area contributed by atoms with Gasteiger partial charge in [-0.1, -0.05) is 30.9 Å². The molecule has 4 heteroatoms. The molecule has 0 aromatic carbocycles. The minimum absolute atomic E-state index is 0.994. The first-order valence-electron chi connectivity index (χ1n) is 6.17. The monoisotopic (exact) mass is 246 g/mol. The molecule has 15 heavy (non-hydrogen) atoms. The summed E-state index contributed by atoms with van der Waals surface area (Å²) in [4.78, 5) is 2.65. The Morgan fingerprint density at radius 2 is 1.67 bits per heavy atom. The molecule has 2 fully saturated rings. The Bertz CT molecular complexity index is 175. The van der Waals surface area contributed by atoms with Gasteiger partial charge in [-0.15, -0.1) is 0 Å². The maximum atomic E-state index is 4.25. The van der Waals surface area contributed by atoms with Crippen LogP contribution < -0.4 is 0 Å². The third kappa shape index (κ3) is 3.84. The Labute approximate surface area is 103 Å². The van der Waals surface area contributed by atoms with Crippen molar-refractivity contribution in [1.29, 1.82) is 0 Å². The third-order valence-corrected chi connectivity index (χ3v) is 4.98. The highest BCUT2D eigenvalue weighted by molar-refractivity contribution is 8.67. The molecule has 0 aromatic rings. The van der Waals surface area contributed by atoms with Crippen LogP contribution in [0.1, 0.15) is 32.1 Å². The third-order valence-electron chi connectivity index (χ3n) is 3.69. The lowest BCUT2D eigenvalue weighted by Crippen LogP contribution is -2.45. The highest BCUT2D eigenvalue weighted by Crippen LogP contribution is 2.25. The number of rotatable bonds is 3. The molecule has 2 rings (SSSR count). The lowest BCUT2D eigenvalue weighted by molar-refractivity contribution is 0.155. The van der Waals surface area contributed by atoms with Crippen LogP contribution in [-0.2, 0) is 0 Å². The summed E-state index contributed by atoms with van der Waals surface area (Å²) in [6, 6.07) is 0. The van der Waals surface area contributed by atoms with Crippen LogP contribution >= 0.6 is 22.6 Å². The highest BCUT2D eigenvalue weighted by atomic mass is 33.1. The minimum atomic E-state index is 0.994. The van der Waals surface area contributed by atoms with Crippen molar-refractivity contribution >= 4 is 22.6 Å². The van der Waals surface area contributed by atoms with Gasteiger partial charge in [0.15, 0.2) is 0 Å². The van der Waals surface area contributed by atoms with E-state index in [0.29, 0.717) is 0 Å². The summed E-state index contributed by atoms with van der Waals surface area (Å²) >= 11 is 4.25. The first kappa shape index (κ1) is 12.1. The fraction of sp³-hybridized carbons (Fsp3) is 1.00. The van der Waals surface area contributed by atoms with Gasteiger partial charge < -0.3 is 4.90 Å². The molecule has 1 heterocycles. The van der Waals surface area contributed by atoms with Crippen LogP contribution in [0.25, 0.3) is 0 Å². The van der Waals surface area contributed by atoms with E-state index < -0.39 is 0 Å². The van der Waals surface area contributed by atoms with Crippen molar-refractivity contribution in [3.63, 3.8) is 0 Å². The summed E-state index contributed by atoms with van der Waals surface area (Å²) in [5.41, 5.74) is 0. The van der Waals surface area contributed by atoms with Gasteiger partial charge in [-0.05, 0) is 29.7 Å². The molecule has 1 aliphatic heterocycles. The highest BCUT2D eigenvalue weighted by Gasteiger charge is 2.21. The van der Waals surface area contributed by atoms with Crippen LogP contribution in [0.2, 0.25) is 0 Å². The lowest BCUT2D eigenvalue weighted by atomic mass is 9.89. The van der Waals surface area contributed by atoms with Crippen LogP contribution in [0.15, 0.2) is 0 Å². The average molecular weight is 246 g/mol. The Kier molecular flexibility index (Phi) is 5.14. The molecule has 2 aliphatic rings. The predicted octanol–water partition coefficient (Wildman–Crippen LogP) is 2.68. The zero-order valence-corrected chi connectivity index (χ0v) is 11.1. The molecule has 1 saturated heterocycles. The summed E-state index contributed by atoms with van der Waals surface area (Å²) in [5.74, 6) is 0.994. The molecule has 0 bridgehead atoms. The number of nitrogens with zero attached hydrogens (tertiary/aromatic N) is 2. The molecular formula is C11H22N2S2. The van der Waals surface area contributed by atoms with Gasteiger partial charge in [0.05, 0.1) is 0 Å². The van der Waals surface area contributed by atoms with Crippen molar-refractivity contribution in [2.75, 3.05) is 32.7 Å². The molecule has 0 amide bonds. The van der Waals surface area contributed by atoms with Gasteiger partial charge in [0.1, 0.15) is 0 Å². The molecular weight excluding hydrogens is 224 g/mol. The van der Waals surface area contributed by atoms with Crippen molar-refractivity contribution in [3.05, 3.63) is 0 Å². The number of hydrogen-bond donors (Lipinski definition) is 1. The first-order chi connectivity index (χ1) is 7.38. The van der Waals surface area contributed by atoms with Crippen molar-refractivity contribution < 1.29 is 0 Å². The summed E-state index contributed by atoms with van der Waals surface area (Å²) in [6.45, 7) is 6.20. The smallest absolute Gasteiger partial charge is 0.0226 e. The fourth-order valence-corrected chi connectivity index (χ4v) is 3.55. The summed E-state index contributed by atoms with van der Waals surface area (Å²) in [6.07, 6.45) is 7.36. The van der Waals surface area contributed by atoms with Gasteiger partial charge in [-0.3, -0.25) is 0 Å². The first-order valence-corrected chi connectivity index (χ1v) is 8.00. The standard InChI is InChI=1S/C11H22N2S2/c14-15-13-8-6-12(7-9-13)10-11-4-2-1-3-5-11/h11,14H,1-10H2. The van der Waals surface area contributed by atoms with Crippen LogP contribution in [0, 0.1) is 5.92 Å². The maximum absolute atomic E-state index is 4.25. The van der Waals surface area contributed by atoms with Crippen LogP contribution in [0.3, 0.4) is 0 Å². The van der Waals surface area contributed by atoms with E-state index in [2.05, 4.69) is 20.9 Å². The van der Waals surface area contributed by atoms with Crippen molar-refractivity contribution in [1.82, 2.24) is 9.21 Å². The van der Waals surface area contributed by atoms with E-state index in [0.717, 1.165) is 5.92 Å². The SMILES string of the molecule is SSN1CCN(CC2CCCCC2)CC1. The largest absolute Gasteiger partial charge is 0.300 e. The zero-order valence-electron chi connectivity index (χ0n) is 9.40. The number of piperazine rings is 1. The quantitative estimate of drug-likeness (QED) is 0.465. The Balaban J connectivity index is 1.67. The van der Waals surface area contributed by atoms with E-state index in [-0.39, 0.29) is 0 Å². The molecule has 0 spiro atoms. The zero-order chi connectivity index (χ0) is 10.5.